The smallest absolute Gasteiger partial charge is 0.430 e. The van der Waals surface area contributed by atoms with E-state index in [4.69, 9.17) is 9.39 Å². The number of benzene rings is 1. The van der Waals surface area contributed by atoms with Crippen molar-refractivity contribution in [3.63, 3.8) is 0 Å². The molecule has 2 aliphatic rings. The van der Waals surface area contributed by atoms with E-state index in [1.54, 1.807) is 11.0 Å². The maximum absolute atomic E-state index is 11.7. The predicted molar refractivity (Wildman–Crippen MR) is 96.2 cm³/mol. The summed E-state index contributed by atoms with van der Waals surface area (Å²) in [4.78, 5) is 24.9. The Hall–Kier alpha value is -1.91. The van der Waals surface area contributed by atoms with E-state index in [2.05, 4.69) is 0 Å². The summed E-state index contributed by atoms with van der Waals surface area (Å²) in [7, 11) is 0. The van der Waals surface area contributed by atoms with Gasteiger partial charge >= 0.3 is 6.75 Å². The molecule has 0 aromatic heterocycles. The Kier molecular flexibility index (Phi) is 6.10. The number of fused-ring (bicyclic) bond motifs is 1. The number of hydrogen-bond donors (Lipinski definition) is 2. The lowest BCUT2D eigenvalue weighted by atomic mass is 9.70. The number of aryl methyl sites for hydroxylation is 1. The largest absolute Gasteiger partial charge is 0.669 e. The molecule has 3 rings (SSSR count). The number of rotatable bonds is 5. The topological polar surface area (TPSA) is 119 Å². The van der Waals surface area contributed by atoms with Crippen molar-refractivity contribution < 1.29 is 34.1 Å². The first-order valence-corrected chi connectivity index (χ1v) is 9.30. The zero-order valence-corrected chi connectivity index (χ0v) is 14.5. The van der Waals surface area contributed by atoms with Crippen LogP contribution in [0.3, 0.4) is 0 Å². The lowest BCUT2D eigenvalue weighted by Gasteiger charge is -2.41. The predicted octanol–water partition coefficient (Wildman–Crippen LogP) is -0.503. The summed E-state index contributed by atoms with van der Waals surface area (Å²) in [6.45, 7) is -2.35. The first kappa shape index (κ1) is 20.4. The van der Waals surface area contributed by atoms with Crippen molar-refractivity contribution in [2.75, 3.05) is 25.1 Å². The van der Waals surface area contributed by atoms with Crippen LogP contribution >= 0.6 is 11.8 Å². The lowest BCUT2D eigenvalue weighted by Crippen LogP contribution is -2.56. The molecule has 0 saturated carbocycles. The first-order chi connectivity index (χ1) is 11.8. The Morgan fingerprint density at radius 1 is 1.42 bits per heavy atom. The molecule has 0 bridgehead atoms. The van der Waals surface area contributed by atoms with Crippen LogP contribution in [-0.4, -0.2) is 64.8 Å². The van der Waals surface area contributed by atoms with Crippen LogP contribution < -0.4 is 14.5 Å². The van der Waals surface area contributed by atoms with E-state index in [0.717, 1.165) is 0 Å². The Bertz CT molecular complexity index is 706. The molecule has 144 valence electrons. The third-order valence-corrected chi connectivity index (χ3v) is 4.80. The Balaban J connectivity index is 0.00000243. The maximum atomic E-state index is 11.7. The van der Waals surface area contributed by atoms with E-state index >= 15 is 0 Å². The van der Waals surface area contributed by atoms with E-state index in [-0.39, 0.29) is 49.2 Å². The molecule has 26 heavy (non-hydrogen) atoms. The van der Waals surface area contributed by atoms with Crippen LogP contribution in [0.5, 0.6) is 11.5 Å². The van der Waals surface area contributed by atoms with Crippen LogP contribution in [0.25, 0.3) is 0 Å². The van der Waals surface area contributed by atoms with Gasteiger partial charge in [-0.1, -0.05) is 19.8 Å². The fourth-order valence-electron chi connectivity index (χ4n) is 2.93. The summed E-state index contributed by atoms with van der Waals surface area (Å²) in [5.74, 6) is -1.21. The Morgan fingerprint density at radius 2 is 2.12 bits per heavy atom. The van der Waals surface area contributed by atoms with Gasteiger partial charge in [-0.05, 0) is 24.3 Å². The maximum Gasteiger partial charge on any atom is 0.430 e. The van der Waals surface area contributed by atoms with E-state index in [1.807, 2.05) is 6.26 Å². The SMILES string of the molecule is C.CSCC(=O)N1CC(Oc2ccc3c(c2C(=O)[O-])O[B-](O)(O)CC3)C1. The number of nitrogens with zero attached hydrogens (tertiary/aromatic N) is 1. The second-order valence-corrected chi connectivity index (χ2v) is 7.07. The highest BCUT2D eigenvalue weighted by Crippen LogP contribution is 2.38. The van der Waals surface area contributed by atoms with Crippen molar-refractivity contribution in [2.45, 2.75) is 26.3 Å². The summed E-state index contributed by atoms with van der Waals surface area (Å²) in [6, 6.07) is 3.15. The van der Waals surface area contributed by atoms with Gasteiger partial charge in [-0.2, -0.15) is 11.8 Å². The molecule has 2 aliphatic heterocycles. The number of carbonyl (C=O) groups excluding carboxylic acids is 2. The molecule has 2 heterocycles. The van der Waals surface area contributed by atoms with Crippen molar-refractivity contribution in [1.82, 2.24) is 4.90 Å². The standard InChI is InChI=1S/C15H19BNO7S.CH4/c1-25-8-12(18)17-6-10(7-17)23-11-3-2-9-4-5-16(21,22)24-14(9)13(11)15(19)20;/h2-3,10,21-22H,4-8H2,1H3,(H,19,20);1H4/q-1;/p-1. The molecular formula is C16H22BNO7S-2. The van der Waals surface area contributed by atoms with Gasteiger partial charge in [0.2, 0.25) is 5.91 Å². The normalized spacial score (nSPS) is 18.0. The van der Waals surface area contributed by atoms with Crippen molar-refractivity contribution >= 4 is 30.4 Å². The Morgan fingerprint density at radius 3 is 2.73 bits per heavy atom. The summed E-state index contributed by atoms with van der Waals surface area (Å²) in [5.41, 5.74) is 0.220. The molecule has 1 saturated heterocycles. The fraction of sp³-hybridized carbons (Fsp3) is 0.500. The molecule has 8 nitrogen and oxygen atoms in total. The molecular weight excluding hydrogens is 361 g/mol. The van der Waals surface area contributed by atoms with E-state index in [1.165, 1.54) is 17.8 Å². The van der Waals surface area contributed by atoms with E-state index < -0.39 is 12.7 Å². The van der Waals surface area contributed by atoms with Gasteiger partial charge in [0, 0.05) is 0 Å². The second kappa shape index (κ2) is 7.77. The van der Waals surface area contributed by atoms with Crippen LogP contribution in [0.15, 0.2) is 12.1 Å². The van der Waals surface area contributed by atoms with Gasteiger partial charge in [0.1, 0.15) is 11.9 Å². The van der Waals surface area contributed by atoms with Gasteiger partial charge in [-0.3, -0.25) is 4.79 Å². The summed E-state index contributed by atoms with van der Waals surface area (Å²) in [5, 5.41) is 31.0. The molecule has 0 aliphatic carbocycles. The third kappa shape index (κ3) is 4.08. The number of thioether (sulfide) groups is 1. The third-order valence-electron chi connectivity index (χ3n) is 4.26. The van der Waals surface area contributed by atoms with Crippen molar-refractivity contribution in [3.05, 3.63) is 23.3 Å². The summed E-state index contributed by atoms with van der Waals surface area (Å²) in [6.07, 6.45) is 1.79. The van der Waals surface area contributed by atoms with Gasteiger partial charge < -0.3 is 34.2 Å². The molecule has 0 unspecified atom stereocenters. The van der Waals surface area contributed by atoms with E-state index in [0.29, 0.717) is 24.4 Å². The molecule has 0 atom stereocenters. The number of carboxylic acid groups (broad SMARTS) is 1. The minimum absolute atomic E-state index is 0. The number of likely N-dealkylation sites (tertiary alicyclic amines) is 1. The molecule has 1 fully saturated rings. The van der Waals surface area contributed by atoms with Crippen LogP contribution in [0.2, 0.25) is 6.32 Å². The number of carbonyl (C=O) groups is 2. The van der Waals surface area contributed by atoms with E-state index in [9.17, 15) is 24.7 Å². The quantitative estimate of drug-likeness (QED) is 0.653. The van der Waals surface area contributed by atoms with Gasteiger partial charge in [0.15, 0.2) is 0 Å². The molecule has 1 aromatic carbocycles. The number of ether oxygens (including phenoxy) is 1. The number of hydrogen-bond acceptors (Lipinski definition) is 8. The minimum Gasteiger partial charge on any atom is -0.669 e. The molecule has 0 spiro atoms. The second-order valence-electron chi connectivity index (χ2n) is 6.20. The van der Waals surface area contributed by atoms with Crippen molar-refractivity contribution in [1.29, 1.82) is 0 Å². The van der Waals surface area contributed by atoms with Crippen LogP contribution in [0, 0.1) is 0 Å². The molecule has 1 aromatic rings. The van der Waals surface area contributed by atoms with Gasteiger partial charge in [0.05, 0.1) is 36.1 Å². The molecule has 0 radical (unpaired) electrons. The lowest BCUT2D eigenvalue weighted by molar-refractivity contribution is -0.255. The average Bonchev–Trinajstić information content (AvgIpc) is 2.48. The van der Waals surface area contributed by atoms with Crippen LogP contribution in [-0.2, 0) is 11.2 Å². The Labute approximate surface area is 156 Å². The van der Waals surface area contributed by atoms with Gasteiger partial charge in [0.25, 0.3) is 0 Å². The zero-order chi connectivity index (χ0) is 18.2. The van der Waals surface area contributed by atoms with Crippen molar-refractivity contribution in [3.8, 4) is 11.5 Å². The molecule has 10 heteroatoms. The van der Waals surface area contributed by atoms with Crippen LogP contribution in [0.4, 0.5) is 0 Å². The molecule has 2 N–H and O–H groups in total. The number of aromatic carboxylic acids is 1. The summed E-state index contributed by atoms with van der Waals surface area (Å²) < 4.78 is 10.8. The highest BCUT2D eigenvalue weighted by atomic mass is 32.2. The minimum atomic E-state index is -3.09. The van der Waals surface area contributed by atoms with Crippen LogP contribution in [0.1, 0.15) is 23.3 Å². The highest BCUT2D eigenvalue weighted by Gasteiger charge is 2.34. The number of carboxylic acids is 1. The van der Waals surface area contributed by atoms with Gasteiger partial charge in [-0.15, -0.1) is 0 Å². The zero-order valence-electron chi connectivity index (χ0n) is 13.6. The summed E-state index contributed by atoms with van der Waals surface area (Å²) >= 11 is 1.43. The fourth-order valence-corrected chi connectivity index (χ4v) is 3.36. The monoisotopic (exact) mass is 383 g/mol. The van der Waals surface area contributed by atoms with Gasteiger partial charge in [-0.25, -0.2) is 0 Å². The number of amides is 1. The first-order valence-electron chi connectivity index (χ1n) is 7.90. The average molecular weight is 383 g/mol. The molecule has 1 amide bonds. The highest BCUT2D eigenvalue weighted by molar-refractivity contribution is 7.99. The van der Waals surface area contributed by atoms with Crippen molar-refractivity contribution in [2.24, 2.45) is 0 Å².